The summed E-state index contributed by atoms with van der Waals surface area (Å²) in [6, 6.07) is 14.9. The molecule has 0 radical (unpaired) electrons. The third-order valence-corrected chi connectivity index (χ3v) is 4.11. The summed E-state index contributed by atoms with van der Waals surface area (Å²) < 4.78 is 10.7. The number of hydrogen-bond donors (Lipinski definition) is 1. The lowest BCUT2D eigenvalue weighted by Gasteiger charge is -2.27. The standard InChI is InChI=1S/C18H21NO2/c1-20-16-10-8-13-7-9-15(11-14(13)12-16)19-17-5-3-4-6-18(17)21-2/h3-6,8,10,12,15,19H,7,9,11H2,1-2H3. The second-order valence-electron chi connectivity index (χ2n) is 5.42. The number of benzene rings is 2. The van der Waals surface area contributed by atoms with E-state index in [4.69, 9.17) is 9.47 Å². The van der Waals surface area contributed by atoms with Crippen molar-refractivity contribution >= 4 is 5.69 Å². The number of nitrogens with one attached hydrogen (secondary N) is 1. The number of anilines is 1. The molecule has 3 nitrogen and oxygen atoms in total. The predicted molar refractivity (Wildman–Crippen MR) is 85.4 cm³/mol. The van der Waals surface area contributed by atoms with Gasteiger partial charge in [0, 0.05) is 6.04 Å². The summed E-state index contributed by atoms with van der Waals surface area (Å²) in [5.74, 6) is 1.83. The van der Waals surface area contributed by atoms with Gasteiger partial charge in [0.2, 0.25) is 0 Å². The molecule has 2 aromatic carbocycles. The van der Waals surface area contributed by atoms with Crippen LogP contribution in [0.3, 0.4) is 0 Å². The van der Waals surface area contributed by atoms with Crippen molar-refractivity contribution in [1.82, 2.24) is 0 Å². The molecule has 0 fully saturated rings. The number of fused-ring (bicyclic) bond motifs is 1. The average molecular weight is 283 g/mol. The van der Waals surface area contributed by atoms with Crippen molar-refractivity contribution in [2.75, 3.05) is 19.5 Å². The summed E-state index contributed by atoms with van der Waals surface area (Å²) in [6.45, 7) is 0. The molecule has 3 rings (SSSR count). The molecule has 1 aliphatic carbocycles. The summed E-state index contributed by atoms with van der Waals surface area (Å²) in [4.78, 5) is 0. The fraction of sp³-hybridized carbons (Fsp3) is 0.333. The lowest BCUT2D eigenvalue weighted by atomic mass is 9.88. The lowest BCUT2D eigenvalue weighted by molar-refractivity contribution is 0.412. The maximum atomic E-state index is 5.41. The van der Waals surface area contributed by atoms with Crippen LogP contribution in [0.1, 0.15) is 17.5 Å². The third kappa shape index (κ3) is 2.97. The highest BCUT2D eigenvalue weighted by Gasteiger charge is 2.19. The molecule has 1 N–H and O–H groups in total. The Kier molecular flexibility index (Phi) is 4.00. The Hall–Kier alpha value is -2.16. The van der Waals surface area contributed by atoms with Crippen molar-refractivity contribution in [2.45, 2.75) is 25.3 Å². The Bertz CT molecular complexity index is 624. The minimum atomic E-state index is 0.431. The average Bonchev–Trinajstić information content (AvgIpc) is 2.54. The molecule has 110 valence electrons. The van der Waals surface area contributed by atoms with Crippen LogP contribution in [-0.2, 0) is 12.8 Å². The van der Waals surface area contributed by atoms with Crippen LogP contribution in [0.15, 0.2) is 42.5 Å². The van der Waals surface area contributed by atoms with Crippen molar-refractivity contribution in [2.24, 2.45) is 0 Å². The van der Waals surface area contributed by atoms with Gasteiger partial charge in [-0.15, -0.1) is 0 Å². The first-order chi connectivity index (χ1) is 10.3. The zero-order valence-electron chi connectivity index (χ0n) is 12.6. The van der Waals surface area contributed by atoms with Crippen LogP contribution >= 0.6 is 0 Å². The molecule has 1 aliphatic rings. The van der Waals surface area contributed by atoms with Crippen LogP contribution in [0.5, 0.6) is 11.5 Å². The Morgan fingerprint density at radius 3 is 2.67 bits per heavy atom. The van der Waals surface area contributed by atoms with Crippen LogP contribution in [0, 0.1) is 0 Å². The molecule has 0 aromatic heterocycles. The van der Waals surface area contributed by atoms with Gasteiger partial charge in [-0.25, -0.2) is 0 Å². The van der Waals surface area contributed by atoms with E-state index in [1.165, 1.54) is 11.1 Å². The van der Waals surface area contributed by atoms with Crippen LogP contribution in [0.2, 0.25) is 0 Å². The van der Waals surface area contributed by atoms with Crippen molar-refractivity contribution in [3.8, 4) is 11.5 Å². The van der Waals surface area contributed by atoms with E-state index in [-0.39, 0.29) is 0 Å². The van der Waals surface area contributed by atoms with E-state index < -0.39 is 0 Å². The zero-order valence-corrected chi connectivity index (χ0v) is 12.6. The number of ether oxygens (including phenoxy) is 2. The molecular weight excluding hydrogens is 262 g/mol. The molecule has 0 spiro atoms. The SMILES string of the molecule is COc1ccc2c(c1)CC(Nc1ccccc1OC)CC2. The van der Waals surface area contributed by atoms with Gasteiger partial charge in [-0.05, 0) is 54.7 Å². The quantitative estimate of drug-likeness (QED) is 0.928. The molecular formula is C18H21NO2. The molecule has 21 heavy (non-hydrogen) atoms. The minimum Gasteiger partial charge on any atom is -0.497 e. The summed E-state index contributed by atoms with van der Waals surface area (Å²) in [5.41, 5.74) is 3.89. The van der Waals surface area contributed by atoms with Crippen LogP contribution in [-0.4, -0.2) is 20.3 Å². The van der Waals surface area contributed by atoms with E-state index in [0.717, 1.165) is 36.4 Å². The highest BCUT2D eigenvalue weighted by atomic mass is 16.5. The molecule has 0 saturated carbocycles. The molecule has 1 unspecified atom stereocenters. The summed E-state index contributed by atoms with van der Waals surface area (Å²) in [7, 11) is 3.43. The molecule has 0 heterocycles. The topological polar surface area (TPSA) is 30.5 Å². The zero-order chi connectivity index (χ0) is 14.7. The molecule has 3 heteroatoms. The van der Waals surface area contributed by atoms with Crippen LogP contribution in [0.25, 0.3) is 0 Å². The predicted octanol–water partition coefficient (Wildman–Crippen LogP) is 3.67. The number of methoxy groups -OCH3 is 2. The monoisotopic (exact) mass is 283 g/mol. The Balaban J connectivity index is 1.76. The highest BCUT2D eigenvalue weighted by Crippen LogP contribution is 2.30. The number of aryl methyl sites for hydroxylation is 1. The Morgan fingerprint density at radius 1 is 1.00 bits per heavy atom. The van der Waals surface area contributed by atoms with Gasteiger partial charge in [0.05, 0.1) is 19.9 Å². The Morgan fingerprint density at radius 2 is 1.86 bits per heavy atom. The van der Waals surface area contributed by atoms with Gasteiger partial charge >= 0.3 is 0 Å². The molecule has 0 amide bonds. The summed E-state index contributed by atoms with van der Waals surface area (Å²) >= 11 is 0. The molecule has 0 bridgehead atoms. The number of para-hydroxylation sites is 2. The fourth-order valence-electron chi connectivity index (χ4n) is 2.97. The van der Waals surface area contributed by atoms with E-state index in [2.05, 4.69) is 23.5 Å². The van der Waals surface area contributed by atoms with Gasteiger partial charge in [-0.1, -0.05) is 18.2 Å². The van der Waals surface area contributed by atoms with Crippen molar-refractivity contribution < 1.29 is 9.47 Å². The van der Waals surface area contributed by atoms with Crippen LogP contribution in [0.4, 0.5) is 5.69 Å². The van der Waals surface area contributed by atoms with Gasteiger partial charge in [0.1, 0.15) is 11.5 Å². The van der Waals surface area contributed by atoms with Crippen LogP contribution < -0.4 is 14.8 Å². The van der Waals surface area contributed by atoms with Crippen molar-refractivity contribution in [1.29, 1.82) is 0 Å². The fourth-order valence-corrected chi connectivity index (χ4v) is 2.97. The van der Waals surface area contributed by atoms with Crippen molar-refractivity contribution in [3.05, 3.63) is 53.6 Å². The summed E-state index contributed by atoms with van der Waals surface area (Å²) in [5, 5.41) is 3.61. The maximum absolute atomic E-state index is 5.41. The third-order valence-electron chi connectivity index (χ3n) is 4.11. The normalized spacial score (nSPS) is 17.0. The van der Waals surface area contributed by atoms with E-state index in [9.17, 15) is 0 Å². The Labute approximate surface area is 125 Å². The van der Waals surface area contributed by atoms with Gasteiger partial charge in [-0.3, -0.25) is 0 Å². The smallest absolute Gasteiger partial charge is 0.141 e. The second-order valence-corrected chi connectivity index (χ2v) is 5.42. The van der Waals surface area contributed by atoms with Crippen molar-refractivity contribution in [3.63, 3.8) is 0 Å². The van der Waals surface area contributed by atoms with Gasteiger partial charge < -0.3 is 14.8 Å². The second kappa shape index (κ2) is 6.08. The first-order valence-corrected chi connectivity index (χ1v) is 7.35. The molecule has 0 aliphatic heterocycles. The van der Waals surface area contributed by atoms with E-state index >= 15 is 0 Å². The minimum absolute atomic E-state index is 0.431. The number of rotatable bonds is 4. The number of hydrogen-bond acceptors (Lipinski definition) is 3. The molecule has 2 aromatic rings. The van der Waals surface area contributed by atoms with E-state index in [1.54, 1.807) is 14.2 Å². The summed E-state index contributed by atoms with van der Waals surface area (Å²) in [6.07, 6.45) is 3.26. The van der Waals surface area contributed by atoms with E-state index in [1.807, 2.05) is 24.3 Å². The largest absolute Gasteiger partial charge is 0.497 e. The van der Waals surface area contributed by atoms with Gasteiger partial charge in [0.25, 0.3) is 0 Å². The first kappa shape index (κ1) is 13.8. The highest BCUT2D eigenvalue weighted by molar-refractivity contribution is 5.57. The van der Waals surface area contributed by atoms with E-state index in [0.29, 0.717) is 6.04 Å². The lowest BCUT2D eigenvalue weighted by Crippen LogP contribution is -2.27. The molecule has 0 saturated heterocycles. The maximum Gasteiger partial charge on any atom is 0.141 e. The van der Waals surface area contributed by atoms with Gasteiger partial charge in [-0.2, -0.15) is 0 Å². The first-order valence-electron chi connectivity index (χ1n) is 7.35. The molecule has 1 atom stereocenters. The van der Waals surface area contributed by atoms with Gasteiger partial charge in [0.15, 0.2) is 0 Å².